The fourth-order valence-corrected chi connectivity index (χ4v) is 10.3. The van der Waals surface area contributed by atoms with E-state index in [4.69, 9.17) is 12.8 Å². The summed E-state index contributed by atoms with van der Waals surface area (Å²) in [7, 11) is -3.18. The second kappa shape index (κ2) is 21.9. The van der Waals surface area contributed by atoms with E-state index in [1.54, 1.807) is 14.5 Å². The van der Waals surface area contributed by atoms with Crippen LogP contribution in [-0.2, 0) is 0 Å². The lowest BCUT2D eigenvalue weighted by molar-refractivity contribution is 0.0562. The van der Waals surface area contributed by atoms with Gasteiger partial charge in [-0.05, 0) is 98.5 Å². The first-order chi connectivity index (χ1) is 35.0. The Hall–Kier alpha value is -8.15. The van der Waals surface area contributed by atoms with Crippen LogP contribution in [0.1, 0.15) is 117 Å². The molecule has 376 valence electrons. The predicted octanol–water partition coefficient (Wildman–Crippen LogP) is 8.79. The Labute approximate surface area is 436 Å². The zero-order valence-corrected chi connectivity index (χ0v) is 45.6. The average molecular weight is 1020 g/mol. The standard InChI is InChI=1S/C33H39N3O3Si2.C27H23N3O3/c1-23(2)35-22-28(36-31(33(35)39)32(38)29(37)21-34-36)30(26-13-9-11-24(19-26)15-17-40(3,4)5)27-14-10-12-25(20-27)16-18-41(6,7)8;1-5-18-9-7-11-20(13-18)24(21-12-8-10-19(6-2)14-21)22-16-29(17(3)4)27(33)25-26(32)23(31)15-28-30(22)25/h9-14,19-21,23,28,30,38H,22H2,1-8H3;1-2,7-15,17,22,24,32H,16H2,3-4H3. The second-order valence-electron chi connectivity index (χ2n) is 21.3. The molecule has 2 N–H and O–H groups in total. The van der Waals surface area contributed by atoms with Gasteiger partial charge in [0.15, 0.2) is 22.9 Å². The van der Waals surface area contributed by atoms with Crippen molar-refractivity contribution in [1.29, 1.82) is 0 Å². The van der Waals surface area contributed by atoms with Crippen LogP contribution in [-0.4, -0.2) is 92.7 Å². The van der Waals surface area contributed by atoms with Crippen LogP contribution in [0, 0.1) is 47.6 Å². The van der Waals surface area contributed by atoms with Crippen molar-refractivity contribution in [3.8, 4) is 59.1 Å². The van der Waals surface area contributed by atoms with Crippen molar-refractivity contribution in [1.82, 2.24) is 29.4 Å². The number of nitrogens with zero attached hydrogens (tertiary/aromatic N) is 6. The number of fused-ring (bicyclic) bond motifs is 2. The Bertz CT molecular complexity index is 3360. The van der Waals surface area contributed by atoms with E-state index in [1.807, 2.05) is 100 Å². The van der Waals surface area contributed by atoms with Crippen LogP contribution in [0.25, 0.3) is 0 Å². The van der Waals surface area contributed by atoms with Gasteiger partial charge in [-0.1, -0.05) is 111 Å². The summed E-state index contributed by atoms with van der Waals surface area (Å²) in [5.74, 6) is 9.52. The lowest BCUT2D eigenvalue weighted by atomic mass is 9.82. The summed E-state index contributed by atoms with van der Waals surface area (Å²) in [6.07, 6.45) is 13.4. The van der Waals surface area contributed by atoms with Gasteiger partial charge in [-0.25, -0.2) is 0 Å². The highest BCUT2D eigenvalue weighted by Crippen LogP contribution is 2.42. The molecule has 0 bridgehead atoms. The summed E-state index contributed by atoms with van der Waals surface area (Å²) in [5.41, 5.74) is 12.5. The van der Waals surface area contributed by atoms with Gasteiger partial charge < -0.3 is 20.0 Å². The molecule has 8 rings (SSSR count). The molecule has 2 aromatic heterocycles. The van der Waals surface area contributed by atoms with E-state index in [2.05, 4.69) is 109 Å². The highest BCUT2D eigenvalue weighted by molar-refractivity contribution is 6.84. The van der Waals surface area contributed by atoms with Crippen molar-refractivity contribution in [2.45, 2.75) is 103 Å². The van der Waals surface area contributed by atoms with E-state index in [9.17, 15) is 29.4 Å². The lowest BCUT2D eigenvalue weighted by Crippen LogP contribution is -2.49. The number of carbonyl (C=O) groups is 2. The normalized spacial score (nSPS) is 15.2. The van der Waals surface area contributed by atoms with Crippen LogP contribution < -0.4 is 10.9 Å². The number of hydrogen-bond acceptors (Lipinski definition) is 8. The van der Waals surface area contributed by atoms with Crippen LogP contribution >= 0.6 is 0 Å². The lowest BCUT2D eigenvalue weighted by Gasteiger charge is -2.41. The van der Waals surface area contributed by atoms with E-state index in [1.165, 1.54) is 4.68 Å². The summed E-state index contributed by atoms with van der Waals surface area (Å²) in [6.45, 7) is 21.6. The van der Waals surface area contributed by atoms with Crippen molar-refractivity contribution in [2.75, 3.05) is 13.1 Å². The molecule has 12 nitrogen and oxygen atoms in total. The third-order valence-electron chi connectivity index (χ3n) is 12.8. The van der Waals surface area contributed by atoms with Crippen molar-refractivity contribution in [3.63, 3.8) is 0 Å². The van der Waals surface area contributed by atoms with E-state index >= 15 is 0 Å². The number of terminal acetylenes is 2. The monoisotopic (exact) mass is 1020 g/mol. The molecule has 0 saturated heterocycles. The number of aromatic nitrogens is 4. The quantitative estimate of drug-likeness (QED) is 0.114. The van der Waals surface area contributed by atoms with Gasteiger partial charge in [-0.2, -0.15) is 10.2 Å². The van der Waals surface area contributed by atoms with Gasteiger partial charge in [-0.3, -0.25) is 28.5 Å². The third kappa shape index (κ3) is 11.9. The van der Waals surface area contributed by atoms with Gasteiger partial charge >= 0.3 is 0 Å². The maximum atomic E-state index is 13.5. The third-order valence-corrected chi connectivity index (χ3v) is 14.5. The summed E-state index contributed by atoms with van der Waals surface area (Å²) < 4.78 is 3.01. The highest BCUT2D eigenvalue weighted by atomic mass is 28.3. The van der Waals surface area contributed by atoms with Crippen LogP contribution in [0.5, 0.6) is 11.5 Å². The van der Waals surface area contributed by atoms with Gasteiger partial charge in [0.05, 0.1) is 24.5 Å². The molecule has 74 heavy (non-hydrogen) atoms. The van der Waals surface area contributed by atoms with Crippen molar-refractivity contribution in [3.05, 3.63) is 186 Å². The molecule has 0 spiro atoms. The minimum Gasteiger partial charge on any atom is -0.502 e. The average Bonchev–Trinajstić information content (AvgIpc) is 3.36. The Kier molecular flexibility index (Phi) is 15.9. The molecule has 14 heteroatoms. The topological polar surface area (TPSA) is 151 Å². The second-order valence-corrected chi connectivity index (χ2v) is 30.8. The van der Waals surface area contributed by atoms with Gasteiger partial charge in [-0.15, -0.1) is 23.9 Å². The molecule has 2 amide bonds. The summed E-state index contributed by atoms with van der Waals surface area (Å²) in [6, 6.07) is 30.5. The number of hydrogen-bond donors (Lipinski definition) is 2. The molecule has 6 aromatic rings. The largest absolute Gasteiger partial charge is 0.502 e. The number of benzene rings is 4. The predicted molar refractivity (Wildman–Crippen MR) is 297 cm³/mol. The molecule has 0 aliphatic carbocycles. The first-order valence-corrected chi connectivity index (χ1v) is 31.6. The van der Waals surface area contributed by atoms with E-state index in [0.29, 0.717) is 24.2 Å². The summed E-state index contributed by atoms with van der Waals surface area (Å²) in [5, 5.41) is 30.0. The molecule has 0 fully saturated rings. The zero-order valence-electron chi connectivity index (χ0n) is 43.6. The molecular formula is C60H62N6O6Si2. The molecule has 0 saturated carbocycles. The molecular weight excluding hydrogens is 957 g/mol. The Morgan fingerprint density at radius 3 is 1.14 bits per heavy atom. The Morgan fingerprint density at radius 1 is 0.527 bits per heavy atom. The SMILES string of the molecule is C#Cc1cccc(C(c2cccc(C#C)c2)C2CN(C(C)C)C(=O)c3c(O)c(=O)cnn32)c1.CC(C)N1CC(C(c2cccc(C#C[Si](C)(C)C)c2)c2cccc(C#C[Si](C)(C)C)c2)n2ncc(=O)c(O)c2C1=O. The fraction of sp³-hybridized carbons (Fsp3) is 0.300. The first kappa shape index (κ1) is 53.6. The fourth-order valence-electron chi connectivity index (χ4n) is 9.25. The minimum absolute atomic E-state index is 0.0724. The van der Waals surface area contributed by atoms with Crippen LogP contribution in [0.4, 0.5) is 0 Å². The van der Waals surface area contributed by atoms with Gasteiger partial charge in [0.1, 0.15) is 16.1 Å². The minimum atomic E-state index is -1.59. The van der Waals surface area contributed by atoms with Crippen LogP contribution in [0.2, 0.25) is 39.3 Å². The smallest absolute Gasteiger partial charge is 0.276 e. The molecule has 2 aliphatic heterocycles. The molecule has 2 unspecified atom stereocenters. The van der Waals surface area contributed by atoms with E-state index < -0.39 is 62.4 Å². The Morgan fingerprint density at radius 2 is 0.838 bits per heavy atom. The number of amides is 2. The molecule has 0 radical (unpaired) electrons. The van der Waals surface area contributed by atoms with Crippen molar-refractivity contribution >= 4 is 28.0 Å². The molecule has 2 aliphatic rings. The summed E-state index contributed by atoms with van der Waals surface area (Å²) in [4.78, 5) is 54.6. The molecule has 2 atom stereocenters. The van der Waals surface area contributed by atoms with Crippen molar-refractivity contribution < 1.29 is 19.8 Å². The maximum absolute atomic E-state index is 13.5. The Balaban J connectivity index is 0.000000221. The highest BCUT2D eigenvalue weighted by Gasteiger charge is 2.42. The number of carbonyl (C=O) groups excluding carboxylic acids is 2. The van der Waals surface area contributed by atoms with Crippen LogP contribution in [0.3, 0.4) is 0 Å². The van der Waals surface area contributed by atoms with Crippen molar-refractivity contribution in [2.24, 2.45) is 0 Å². The zero-order chi connectivity index (χ0) is 53.8. The maximum Gasteiger partial charge on any atom is 0.276 e. The first-order valence-electron chi connectivity index (χ1n) is 24.6. The van der Waals surface area contributed by atoms with E-state index in [-0.39, 0.29) is 35.3 Å². The van der Waals surface area contributed by atoms with Gasteiger partial charge in [0.2, 0.25) is 10.9 Å². The summed E-state index contributed by atoms with van der Waals surface area (Å²) >= 11 is 0. The van der Waals surface area contributed by atoms with Gasteiger partial charge in [0, 0.05) is 59.3 Å². The van der Waals surface area contributed by atoms with Crippen LogP contribution in [0.15, 0.2) is 119 Å². The van der Waals surface area contributed by atoms with Gasteiger partial charge in [0.25, 0.3) is 11.8 Å². The number of aromatic hydroxyl groups is 2. The molecule has 4 heterocycles. The molecule has 4 aromatic carbocycles. The van der Waals surface area contributed by atoms with E-state index in [0.717, 1.165) is 45.8 Å². The number of rotatable bonds is 8.